The Labute approximate surface area is 148 Å². The third-order valence-corrected chi connectivity index (χ3v) is 4.56. The predicted molar refractivity (Wildman–Crippen MR) is 89.3 cm³/mol. The summed E-state index contributed by atoms with van der Waals surface area (Å²) in [5.41, 5.74) is 1.18. The molecule has 1 aliphatic rings. The van der Waals surface area contributed by atoms with Crippen LogP contribution in [-0.4, -0.2) is 22.8 Å². The minimum atomic E-state index is -0.429. The fourth-order valence-electron chi connectivity index (χ4n) is 2.33. The molecule has 128 valence electrons. The number of anilines is 1. The maximum absolute atomic E-state index is 12.0. The highest BCUT2D eigenvalue weighted by Crippen LogP contribution is 2.30. The molecule has 1 aromatic carbocycles. The average Bonchev–Trinajstić information content (AvgIpc) is 3.24. The first kappa shape index (κ1) is 17.0. The van der Waals surface area contributed by atoms with Gasteiger partial charge < -0.3 is 19.9 Å². The Kier molecular flexibility index (Phi) is 5.23. The van der Waals surface area contributed by atoms with Crippen molar-refractivity contribution in [2.24, 2.45) is 0 Å². The number of carbonyl (C=O) groups is 1. The molecule has 1 unspecified atom stereocenters. The van der Waals surface area contributed by atoms with Crippen LogP contribution in [0.25, 0.3) is 0 Å². The quantitative estimate of drug-likeness (QED) is 0.852. The number of carbonyl (C=O) groups excluding carboxylic acids is 1. The van der Waals surface area contributed by atoms with Gasteiger partial charge in [-0.2, -0.15) is 4.98 Å². The molecule has 0 spiro atoms. The minimum Gasteiger partial charge on any atom is -0.368 e. The molecule has 1 aromatic heterocycles. The Balaban J connectivity index is 1.55. The van der Waals surface area contributed by atoms with E-state index in [1.807, 2.05) is 0 Å². The monoisotopic (exact) mass is 370 g/mol. The smallest absolute Gasteiger partial charge is 0.319 e. The standard InChI is InChI=1S/C15H16Cl2N4O3/c1-8-9(16)4-5-10(13(8)17)19-15(22)18-7-12-20-14(24-21-12)11-3-2-6-23-11/h4-5,11H,2-3,6-7H2,1H3,(H2,18,19,22). The van der Waals surface area contributed by atoms with E-state index in [0.29, 0.717) is 39.6 Å². The van der Waals surface area contributed by atoms with E-state index in [1.54, 1.807) is 19.1 Å². The van der Waals surface area contributed by atoms with Crippen LogP contribution in [0.5, 0.6) is 0 Å². The highest BCUT2D eigenvalue weighted by Gasteiger charge is 2.23. The van der Waals surface area contributed by atoms with Crippen LogP contribution in [0.2, 0.25) is 10.0 Å². The zero-order valence-electron chi connectivity index (χ0n) is 12.9. The first-order valence-electron chi connectivity index (χ1n) is 7.48. The van der Waals surface area contributed by atoms with Gasteiger partial charge >= 0.3 is 6.03 Å². The van der Waals surface area contributed by atoms with Gasteiger partial charge in [-0.05, 0) is 37.5 Å². The van der Waals surface area contributed by atoms with Crippen LogP contribution < -0.4 is 10.6 Å². The van der Waals surface area contributed by atoms with E-state index >= 15 is 0 Å². The molecule has 1 fully saturated rings. The second-order valence-corrected chi connectivity index (χ2v) is 6.18. The second-order valence-electron chi connectivity index (χ2n) is 5.39. The number of urea groups is 1. The lowest BCUT2D eigenvalue weighted by Gasteiger charge is -2.10. The second kappa shape index (κ2) is 7.38. The van der Waals surface area contributed by atoms with Gasteiger partial charge in [0.1, 0.15) is 6.10 Å². The van der Waals surface area contributed by atoms with Gasteiger partial charge in [-0.15, -0.1) is 0 Å². The van der Waals surface area contributed by atoms with E-state index < -0.39 is 6.03 Å². The van der Waals surface area contributed by atoms with Crippen LogP contribution >= 0.6 is 23.2 Å². The molecule has 1 saturated heterocycles. The van der Waals surface area contributed by atoms with Gasteiger partial charge in [-0.1, -0.05) is 28.4 Å². The molecule has 0 radical (unpaired) electrons. The van der Waals surface area contributed by atoms with E-state index in [0.717, 1.165) is 12.8 Å². The molecule has 7 nitrogen and oxygen atoms in total. The fraction of sp³-hybridized carbons (Fsp3) is 0.400. The molecule has 0 aliphatic carbocycles. The largest absolute Gasteiger partial charge is 0.368 e. The van der Waals surface area contributed by atoms with Crippen molar-refractivity contribution in [2.45, 2.75) is 32.4 Å². The van der Waals surface area contributed by atoms with Crippen LogP contribution in [0, 0.1) is 6.92 Å². The highest BCUT2D eigenvalue weighted by molar-refractivity contribution is 6.38. The number of benzene rings is 1. The maximum atomic E-state index is 12.0. The number of rotatable bonds is 4. The number of halogens is 2. The molecule has 0 bridgehead atoms. The summed E-state index contributed by atoms with van der Waals surface area (Å²) in [6.45, 7) is 2.61. The number of nitrogens with one attached hydrogen (secondary N) is 2. The van der Waals surface area contributed by atoms with Crippen LogP contribution in [0.15, 0.2) is 16.7 Å². The number of aromatic nitrogens is 2. The lowest BCUT2D eigenvalue weighted by Crippen LogP contribution is -2.28. The minimum absolute atomic E-state index is 0.131. The molecule has 24 heavy (non-hydrogen) atoms. The highest BCUT2D eigenvalue weighted by atomic mass is 35.5. The van der Waals surface area contributed by atoms with E-state index in [9.17, 15) is 4.79 Å². The lowest BCUT2D eigenvalue weighted by molar-refractivity contribution is 0.0835. The van der Waals surface area contributed by atoms with Gasteiger partial charge in [0, 0.05) is 11.6 Å². The zero-order valence-corrected chi connectivity index (χ0v) is 14.4. The Morgan fingerprint density at radius 3 is 3.00 bits per heavy atom. The summed E-state index contributed by atoms with van der Waals surface area (Å²) in [5, 5.41) is 10.1. The third kappa shape index (κ3) is 3.80. The van der Waals surface area contributed by atoms with Crippen molar-refractivity contribution in [1.82, 2.24) is 15.5 Å². The molecule has 3 rings (SSSR count). The van der Waals surface area contributed by atoms with Crippen molar-refractivity contribution in [3.05, 3.63) is 39.5 Å². The topological polar surface area (TPSA) is 89.3 Å². The molecular formula is C15H16Cl2N4O3. The van der Waals surface area contributed by atoms with E-state index in [1.165, 1.54) is 0 Å². The molecule has 2 heterocycles. The maximum Gasteiger partial charge on any atom is 0.319 e. The van der Waals surface area contributed by atoms with Gasteiger partial charge in [0.2, 0.25) is 0 Å². The molecule has 1 aliphatic heterocycles. The van der Waals surface area contributed by atoms with Gasteiger partial charge in [0.05, 0.1) is 17.3 Å². The lowest BCUT2D eigenvalue weighted by atomic mass is 10.2. The normalized spacial score (nSPS) is 17.0. The Morgan fingerprint density at radius 1 is 1.42 bits per heavy atom. The predicted octanol–water partition coefficient (Wildman–Crippen LogP) is 3.86. The number of hydrogen-bond donors (Lipinski definition) is 2. The van der Waals surface area contributed by atoms with Crippen molar-refractivity contribution in [3.63, 3.8) is 0 Å². The van der Waals surface area contributed by atoms with Crippen molar-refractivity contribution in [1.29, 1.82) is 0 Å². The molecule has 2 N–H and O–H groups in total. The van der Waals surface area contributed by atoms with Crippen LogP contribution in [0.4, 0.5) is 10.5 Å². The summed E-state index contributed by atoms with van der Waals surface area (Å²) in [7, 11) is 0. The van der Waals surface area contributed by atoms with Crippen molar-refractivity contribution in [3.8, 4) is 0 Å². The van der Waals surface area contributed by atoms with Crippen molar-refractivity contribution < 1.29 is 14.1 Å². The number of amides is 2. The first-order chi connectivity index (χ1) is 11.5. The van der Waals surface area contributed by atoms with Gasteiger partial charge in [-0.3, -0.25) is 0 Å². The molecule has 9 heteroatoms. The summed E-state index contributed by atoms with van der Waals surface area (Å²) in [5.74, 6) is 0.829. The van der Waals surface area contributed by atoms with Gasteiger partial charge in [-0.25, -0.2) is 4.79 Å². The Bertz CT molecular complexity index is 744. The zero-order chi connectivity index (χ0) is 17.1. The molecule has 2 amide bonds. The van der Waals surface area contributed by atoms with Crippen molar-refractivity contribution >= 4 is 34.9 Å². The molecule has 0 saturated carbocycles. The summed E-state index contributed by atoms with van der Waals surface area (Å²) in [6.07, 6.45) is 1.70. The van der Waals surface area contributed by atoms with Gasteiger partial charge in [0.25, 0.3) is 5.89 Å². The van der Waals surface area contributed by atoms with E-state index in [2.05, 4.69) is 20.8 Å². The summed E-state index contributed by atoms with van der Waals surface area (Å²) >= 11 is 12.1. The fourth-order valence-corrected chi connectivity index (χ4v) is 2.74. The van der Waals surface area contributed by atoms with Crippen LogP contribution in [0.3, 0.4) is 0 Å². The van der Waals surface area contributed by atoms with E-state index in [-0.39, 0.29) is 12.6 Å². The third-order valence-electron chi connectivity index (χ3n) is 3.66. The number of hydrogen-bond acceptors (Lipinski definition) is 5. The van der Waals surface area contributed by atoms with E-state index in [4.69, 9.17) is 32.5 Å². The Morgan fingerprint density at radius 2 is 2.25 bits per heavy atom. The Hall–Kier alpha value is -1.83. The number of ether oxygens (including phenoxy) is 1. The summed E-state index contributed by atoms with van der Waals surface area (Å²) < 4.78 is 10.6. The average molecular weight is 371 g/mol. The SMILES string of the molecule is Cc1c(Cl)ccc(NC(=O)NCc2noc(C3CCCO3)n2)c1Cl. The molecule has 2 aromatic rings. The first-order valence-corrected chi connectivity index (χ1v) is 8.23. The van der Waals surface area contributed by atoms with Crippen molar-refractivity contribution in [2.75, 3.05) is 11.9 Å². The van der Waals surface area contributed by atoms with Crippen LogP contribution in [-0.2, 0) is 11.3 Å². The number of nitrogens with zero attached hydrogens (tertiary/aromatic N) is 2. The summed E-state index contributed by atoms with van der Waals surface area (Å²) in [6, 6.07) is 2.88. The molecule has 1 atom stereocenters. The van der Waals surface area contributed by atoms with Gasteiger partial charge in [0.15, 0.2) is 5.82 Å². The van der Waals surface area contributed by atoms with Crippen LogP contribution in [0.1, 0.15) is 36.2 Å². The molecular weight excluding hydrogens is 355 g/mol. The summed E-state index contributed by atoms with van der Waals surface area (Å²) in [4.78, 5) is 16.2.